The first-order chi connectivity index (χ1) is 12.6. The Morgan fingerprint density at radius 2 is 2.04 bits per heavy atom. The summed E-state index contributed by atoms with van der Waals surface area (Å²) in [6.45, 7) is 1.76. The molecule has 0 spiro atoms. The van der Waals surface area contributed by atoms with E-state index >= 15 is 0 Å². The van der Waals surface area contributed by atoms with E-state index in [1.807, 2.05) is 12.1 Å². The van der Waals surface area contributed by atoms with Crippen LogP contribution in [0.4, 0.5) is 11.8 Å². The molecule has 8 nitrogen and oxygen atoms in total. The molecular weight excluding hydrogens is 328 g/mol. The van der Waals surface area contributed by atoms with Crippen LogP contribution in [-0.4, -0.2) is 38.9 Å². The molecule has 8 heteroatoms. The average molecular weight is 352 g/mol. The molecule has 4 rings (SSSR count). The maximum absolute atomic E-state index is 5.96. The zero-order valence-corrected chi connectivity index (χ0v) is 14.8. The molecule has 4 heterocycles. The monoisotopic (exact) mass is 352 g/mol. The highest BCUT2D eigenvalue weighted by Crippen LogP contribution is 2.29. The molecule has 0 saturated carbocycles. The number of pyridine rings is 1. The van der Waals surface area contributed by atoms with Crippen molar-refractivity contribution in [1.29, 1.82) is 0 Å². The molecule has 0 aliphatic carbocycles. The second kappa shape index (κ2) is 6.87. The summed E-state index contributed by atoms with van der Waals surface area (Å²) in [6, 6.07) is 5.27. The van der Waals surface area contributed by atoms with Crippen molar-refractivity contribution >= 4 is 28.6 Å². The van der Waals surface area contributed by atoms with Gasteiger partial charge in [-0.2, -0.15) is 9.97 Å². The van der Waals surface area contributed by atoms with E-state index in [0.29, 0.717) is 47.1 Å². The highest BCUT2D eigenvalue weighted by Gasteiger charge is 2.33. The number of piperidine rings is 1. The van der Waals surface area contributed by atoms with Gasteiger partial charge in [0.15, 0.2) is 11.5 Å². The average Bonchev–Trinajstić information content (AvgIpc) is 2.92. The molecule has 1 unspecified atom stereocenters. The highest BCUT2D eigenvalue weighted by atomic mass is 15.2. The summed E-state index contributed by atoms with van der Waals surface area (Å²) >= 11 is 0. The van der Waals surface area contributed by atoms with Crippen molar-refractivity contribution in [3.8, 4) is 0 Å². The van der Waals surface area contributed by atoms with E-state index in [1.54, 1.807) is 19.2 Å². The van der Waals surface area contributed by atoms with Gasteiger partial charge in [-0.15, -0.1) is 0 Å². The predicted octanol–water partition coefficient (Wildman–Crippen LogP) is 1.57. The van der Waals surface area contributed by atoms with E-state index in [9.17, 15) is 0 Å². The van der Waals surface area contributed by atoms with Gasteiger partial charge in [-0.1, -0.05) is 0 Å². The number of amidine groups is 1. The number of hydrogen-bond donors (Lipinski definition) is 4. The lowest BCUT2D eigenvalue weighted by atomic mass is 10.0. The number of fused-ring (bicyclic) bond motifs is 3. The summed E-state index contributed by atoms with van der Waals surface area (Å²) in [7, 11) is 0. The molecule has 2 fully saturated rings. The van der Waals surface area contributed by atoms with Crippen molar-refractivity contribution < 1.29 is 0 Å². The minimum absolute atomic E-state index is 0.305. The molecule has 2 aromatic rings. The fourth-order valence-electron chi connectivity index (χ4n) is 3.84. The van der Waals surface area contributed by atoms with E-state index < -0.39 is 0 Å². The quantitative estimate of drug-likeness (QED) is 0.486. The lowest BCUT2D eigenvalue weighted by Gasteiger charge is -2.29. The molecule has 2 aliphatic heterocycles. The van der Waals surface area contributed by atoms with Crippen molar-refractivity contribution in [2.45, 2.75) is 50.7 Å². The van der Waals surface area contributed by atoms with Crippen LogP contribution >= 0.6 is 0 Å². The van der Waals surface area contributed by atoms with E-state index in [2.05, 4.69) is 30.6 Å². The number of allylic oxidation sites excluding steroid dienone is 1. The Kier molecular flexibility index (Phi) is 4.42. The van der Waals surface area contributed by atoms with Crippen molar-refractivity contribution in [3.63, 3.8) is 0 Å². The third-order valence-corrected chi connectivity index (χ3v) is 4.87. The van der Waals surface area contributed by atoms with Gasteiger partial charge < -0.3 is 22.1 Å². The molecule has 0 radical (unpaired) electrons. The van der Waals surface area contributed by atoms with E-state index in [4.69, 9.17) is 11.5 Å². The zero-order valence-electron chi connectivity index (χ0n) is 14.8. The standard InChI is InChI=1S/C18H24N8/c1-10(19)7-15(20)24-17-14-3-2-6-21-16(14)25-18(26-17)23-13-8-11-4-5-12(9-13)22-11/h2-3,6-7,11-13,22H,4-5,8-9,19H2,1H3,(H3,20,21,23,24,25,26)/b10-7-/t11-,12+,13?. The van der Waals surface area contributed by atoms with Crippen LogP contribution in [0.5, 0.6) is 0 Å². The Bertz CT molecular complexity index is 859. The lowest BCUT2D eigenvalue weighted by molar-refractivity contribution is 0.377. The Labute approximate surface area is 152 Å². The number of nitrogens with two attached hydrogens (primary N) is 2. The van der Waals surface area contributed by atoms with Gasteiger partial charge in [-0.25, -0.2) is 9.98 Å². The second-order valence-electron chi connectivity index (χ2n) is 7.12. The second-order valence-corrected chi connectivity index (χ2v) is 7.12. The Morgan fingerprint density at radius 3 is 2.77 bits per heavy atom. The smallest absolute Gasteiger partial charge is 0.227 e. The molecular formula is C18H24N8. The van der Waals surface area contributed by atoms with Crippen molar-refractivity contribution in [2.24, 2.45) is 16.5 Å². The fraction of sp³-hybridized carbons (Fsp3) is 0.444. The van der Waals surface area contributed by atoms with Gasteiger partial charge in [0.2, 0.25) is 5.95 Å². The molecule has 2 aliphatic rings. The van der Waals surface area contributed by atoms with Crippen LogP contribution in [0.3, 0.4) is 0 Å². The van der Waals surface area contributed by atoms with Gasteiger partial charge in [0.1, 0.15) is 5.84 Å². The van der Waals surface area contributed by atoms with Crippen LogP contribution in [0.15, 0.2) is 35.1 Å². The number of hydrogen-bond acceptors (Lipinski definition) is 7. The summed E-state index contributed by atoms with van der Waals surface area (Å²) in [5, 5.41) is 7.88. The maximum atomic E-state index is 5.96. The number of anilines is 1. The first-order valence-electron chi connectivity index (χ1n) is 9.00. The SMILES string of the molecule is C/C(N)=C/C(N)=Nc1nc(NC2C[C@H]3CC[C@@H](C2)N3)nc2ncccc12. The van der Waals surface area contributed by atoms with Gasteiger partial charge in [0.05, 0.1) is 5.39 Å². The molecule has 0 amide bonds. The lowest BCUT2D eigenvalue weighted by Crippen LogP contribution is -2.43. The summed E-state index contributed by atoms with van der Waals surface area (Å²) < 4.78 is 0. The van der Waals surface area contributed by atoms with Crippen molar-refractivity contribution in [1.82, 2.24) is 20.3 Å². The van der Waals surface area contributed by atoms with Crippen molar-refractivity contribution in [3.05, 3.63) is 30.1 Å². The first-order valence-corrected chi connectivity index (χ1v) is 9.00. The van der Waals surface area contributed by atoms with Crippen LogP contribution in [0.1, 0.15) is 32.6 Å². The molecule has 3 atom stereocenters. The van der Waals surface area contributed by atoms with Crippen LogP contribution in [-0.2, 0) is 0 Å². The van der Waals surface area contributed by atoms with E-state index in [1.165, 1.54) is 12.8 Å². The molecule has 2 saturated heterocycles. The molecule has 2 aromatic heterocycles. The van der Waals surface area contributed by atoms with Gasteiger partial charge in [-0.05, 0) is 50.8 Å². The van der Waals surface area contributed by atoms with E-state index in [-0.39, 0.29) is 0 Å². The molecule has 0 aromatic carbocycles. The third kappa shape index (κ3) is 3.60. The number of rotatable bonds is 4. The van der Waals surface area contributed by atoms with Crippen molar-refractivity contribution in [2.75, 3.05) is 5.32 Å². The predicted molar refractivity (Wildman–Crippen MR) is 103 cm³/mol. The number of aliphatic imine (C=N–C) groups is 1. The normalized spacial score (nSPS) is 26.3. The summed E-state index contributed by atoms with van der Waals surface area (Å²) in [5.74, 6) is 1.35. The van der Waals surface area contributed by atoms with Crippen LogP contribution in [0.2, 0.25) is 0 Å². The molecule has 6 N–H and O–H groups in total. The molecule has 136 valence electrons. The Balaban J connectivity index is 1.66. The van der Waals surface area contributed by atoms with Crippen LogP contribution in [0.25, 0.3) is 11.0 Å². The highest BCUT2D eigenvalue weighted by molar-refractivity contribution is 5.97. The van der Waals surface area contributed by atoms with Gasteiger partial charge in [0.25, 0.3) is 0 Å². The minimum atomic E-state index is 0.305. The van der Waals surface area contributed by atoms with Crippen LogP contribution < -0.4 is 22.1 Å². The largest absolute Gasteiger partial charge is 0.402 e. The third-order valence-electron chi connectivity index (χ3n) is 4.87. The maximum Gasteiger partial charge on any atom is 0.227 e. The fourth-order valence-corrected chi connectivity index (χ4v) is 3.84. The van der Waals surface area contributed by atoms with E-state index in [0.717, 1.165) is 18.2 Å². The first kappa shape index (κ1) is 16.7. The summed E-state index contributed by atoms with van der Waals surface area (Å²) in [6.07, 6.45) is 7.98. The number of nitrogens with one attached hydrogen (secondary N) is 2. The Hall–Kier alpha value is -2.74. The van der Waals surface area contributed by atoms with Crippen LogP contribution in [0, 0.1) is 0 Å². The number of nitrogens with zero attached hydrogens (tertiary/aromatic N) is 4. The zero-order chi connectivity index (χ0) is 18.1. The van der Waals surface area contributed by atoms with Gasteiger partial charge in [0, 0.05) is 30.0 Å². The topological polar surface area (TPSA) is 127 Å². The Morgan fingerprint density at radius 1 is 1.27 bits per heavy atom. The summed E-state index contributed by atoms with van der Waals surface area (Å²) in [4.78, 5) is 17.9. The molecule has 26 heavy (non-hydrogen) atoms. The number of aromatic nitrogens is 3. The molecule has 2 bridgehead atoms. The van der Waals surface area contributed by atoms with Gasteiger partial charge in [-0.3, -0.25) is 0 Å². The van der Waals surface area contributed by atoms with Gasteiger partial charge >= 0.3 is 0 Å². The summed E-state index contributed by atoms with van der Waals surface area (Å²) in [5.41, 5.74) is 12.8. The minimum Gasteiger partial charge on any atom is -0.402 e.